The maximum atomic E-state index is 12.3. The molecule has 0 saturated carbocycles. The third-order valence-electron chi connectivity index (χ3n) is 3.79. The number of nitrogens with one attached hydrogen (secondary N) is 1. The Morgan fingerprint density at radius 3 is 3.05 bits per heavy atom. The lowest BCUT2D eigenvalue weighted by Crippen LogP contribution is -2.48. The van der Waals surface area contributed by atoms with Gasteiger partial charge in [-0.05, 0) is 54.5 Å². The van der Waals surface area contributed by atoms with Crippen molar-refractivity contribution in [2.45, 2.75) is 38.6 Å². The Morgan fingerprint density at radius 2 is 2.38 bits per heavy atom. The summed E-state index contributed by atoms with van der Waals surface area (Å²) in [7, 11) is 0. The number of piperidine rings is 1. The van der Waals surface area contributed by atoms with E-state index in [1.165, 1.54) is 5.56 Å². The SMILES string of the molecule is CC(Cc1ccsc1)NC(=O)N1CCCC(CC(N)=O)C1. The fraction of sp³-hybridized carbons (Fsp3) is 0.600. The van der Waals surface area contributed by atoms with E-state index in [-0.39, 0.29) is 23.9 Å². The lowest BCUT2D eigenvalue weighted by Gasteiger charge is -2.33. The number of amides is 3. The number of hydrogen-bond donors (Lipinski definition) is 2. The molecule has 1 aromatic heterocycles. The maximum Gasteiger partial charge on any atom is 0.317 e. The Labute approximate surface area is 129 Å². The van der Waals surface area contributed by atoms with Crippen LogP contribution in [0.5, 0.6) is 0 Å². The smallest absolute Gasteiger partial charge is 0.317 e. The molecule has 0 aliphatic carbocycles. The van der Waals surface area contributed by atoms with E-state index in [0.717, 1.165) is 25.8 Å². The van der Waals surface area contributed by atoms with Gasteiger partial charge >= 0.3 is 6.03 Å². The monoisotopic (exact) mass is 309 g/mol. The van der Waals surface area contributed by atoms with Gasteiger partial charge in [-0.3, -0.25) is 4.79 Å². The molecule has 1 aliphatic rings. The van der Waals surface area contributed by atoms with Gasteiger partial charge in [0.15, 0.2) is 0 Å². The minimum atomic E-state index is -0.284. The average Bonchev–Trinajstić information content (AvgIpc) is 2.90. The third-order valence-corrected chi connectivity index (χ3v) is 4.52. The van der Waals surface area contributed by atoms with Crippen LogP contribution < -0.4 is 11.1 Å². The zero-order valence-corrected chi connectivity index (χ0v) is 13.2. The molecule has 0 bridgehead atoms. The molecule has 1 aromatic rings. The van der Waals surface area contributed by atoms with Crippen LogP contribution in [-0.2, 0) is 11.2 Å². The molecule has 2 unspecified atom stereocenters. The van der Waals surface area contributed by atoms with Gasteiger partial charge in [0.25, 0.3) is 0 Å². The van der Waals surface area contributed by atoms with Crippen molar-refractivity contribution in [1.29, 1.82) is 0 Å². The number of rotatable bonds is 5. The Hall–Kier alpha value is -1.56. The van der Waals surface area contributed by atoms with Crippen molar-refractivity contribution in [2.24, 2.45) is 11.7 Å². The summed E-state index contributed by atoms with van der Waals surface area (Å²) in [5.74, 6) is -0.0812. The molecule has 3 amide bonds. The van der Waals surface area contributed by atoms with Gasteiger partial charge in [0.1, 0.15) is 0 Å². The Morgan fingerprint density at radius 1 is 1.57 bits per heavy atom. The van der Waals surface area contributed by atoms with Crippen molar-refractivity contribution in [3.63, 3.8) is 0 Å². The van der Waals surface area contributed by atoms with Crippen molar-refractivity contribution in [3.8, 4) is 0 Å². The maximum absolute atomic E-state index is 12.3. The first kappa shape index (κ1) is 15.8. The first-order chi connectivity index (χ1) is 10.0. The van der Waals surface area contributed by atoms with Crippen LogP contribution in [-0.4, -0.2) is 36.0 Å². The van der Waals surface area contributed by atoms with Gasteiger partial charge < -0.3 is 16.0 Å². The van der Waals surface area contributed by atoms with Crippen LogP contribution in [0.1, 0.15) is 31.7 Å². The molecule has 1 saturated heterocycles. The lowest BCUT2D eigenvalue weighted by atomic mass is 9.95. The van der Waals surface area contributed by atoms with Crippen molar-refractivity contribution in [2.75, 3.05) is 13.1 Å². The van der Waals surface area contributed by atoms with Crippen LogP contribution in [0.3, 0.4) is 0 Å². The normalized spacial score (nSPS) is 20.0. The highest BCUT2D eigenvalue weighted by Crippen LogP contribution is 2.19. The highest BCUT2D eigenvalue weighted by Gasteiger charge is 2.25. The second-order valence-electron chi connectivity index (χ2n) is 5.81. The van der Waals surface area contributed by atoms with Crippen molar-refractivity contribution >= 4 is 23.3 Å². The first-order valence-electron chi connectivity index (χ1n) is 7.39. The van der Waals surface area contributed by atoms with Gasteiger partial charge in [0.2, 0.25) is 5.91 Å². The number of urea groups is 1. The topological polar surface area (TPSA) is 75.4 Å². The molecule has 116 valence electrons. The molecular formula is C15H23N3O2S. The number of nitrogens with zero attached hydrogens (tertiary/aromatic N) is 1. The summed E-state index contributed by atoms with van der Waals surface area (Å²) < 4.78 is 0. The van der Waals surface area contributed by atoms with Crippen LogP contribution in [0.2, 0.25) is 0 Å². The van der Waals surface area contributed by atoms with Gasteiger partial charge in [0.05, 0.1) is 0 Å². The van der Waals surface area contributed by atoms with Crippen LogP contribution in [0.15, 0.2) is 16.8 Å². The van der Waals surface area contributed by atoms with Gasteiger partial charge in [-0.15, -0.1) is 0 Å². The lowest BCUT2D eigenvalue weighted by molar-refractivity contribution is -0.119. The number of primary amides is 1. The second kappa shape index (κ2) is 7.45. The predicted octanol–water partition coefficient (Wildman–Crippen LogP) is 1.98. The molecule has 2 rings (SSSR count). The molecule has 1 aliphatic heterocycles. The zero-order valence-electron chi connectivity index (χ0n) is 12.4. The molecule has 21 heavy (non-hydrogen) atoms. The summed E-state index contributed by atoms with van der Waals surface area (Å²) in [6, 6.07) is 2.15. The highest BCUT2D eigenvalue weighted by atomic mass is 32.1. The Kier molecular flexibility index (Phi) is 5.61. The number of thiophene rings is 1. The number of nitrogens with two attached hydrogens (primary N) is 1. The van der Waals surface area contributed by atoms with Crippen molar-refractivity contribution in [1.82, 2.24) is 10.2 Å². The molecule has 2 heterocycles. The van der Waals surface area contributed by atoms with Gasteiger partial charge in [-0.1, -0.05) is 0 Å². The predicted molar refractivity (Wildman–Crippen MR) is 84.1 cm³/mol. The van der Waals surface area contributed by atoms with Crippen LogP contribution in [0.25, 0.3) is 0 Å². The van der Waals surface area contributed by atoms with Crippen LogP contribution in [0.4, 0.5) is 4.79 Å². The molecule has 0 spiro atoms. The molecule has 5 nitrogen and oxygen atoms in total. The third kappa shape index (κ3) is 5.04. The standard InChI is InChI=1S/C15H23N3O2S/c1-11(7-13-4-6-21-10-13)17-15(20)18-5-2-3-12(9-18)8-14(16)19/h4,6,10-12H,2-3,5,7-9H2,1H3,(H2,16,19)(H,17,20). The Bertz CT molecular complexity index is 475. The fourth-order valence-corrected chi connectivity index (χ4v) is 3.50. The summed E-state index contributed by atoms with van der Waals surface area (Å²) in [5, 5.41) is 7.19. The van der Waals surface area contributed by atoms with Crippen LogP contribution in [0, 0.1) is 5.92 Å². The molecule has 0 radical (unpaired) electrons. The second-order valence-corrected chi connectivity index (χ2v) is 6.59. The van der Waals surface area contributed by atoms with E-state index >= 15 is 0 Å². The number of carbonyl (C=O) groups is 2. The largest absolute Gasteiger partial charge is 0.370 e. The van der Waals surface area contributed by atoms with E-state index in [4.69, 9.17) is 5.73 Å². The Balaban J connectivity index is 1.80. The van der Waals surface area contributed by atoms with E-state index in [1.54, 1.807) is 16.2 Å². The molecule has 6 heteroatoms. The number of hydrogen-bond acceptors (Lipinski definition) is 3. The van der Waals surface area contributed by atoms with Gasteiger partial charge in [-0.25, -0.2) is 4.79 Å². The molecule has 2 atom stereocenters. The van der Waals surface area contributed by atoms with E-state index in [2.05, 4.69) is 16.8 Å². The van der Waals surface area contributed by atoms with Gasteiger partial charge in [0, 0.05) is 25.6 Å². The minimum absolute atomic E-state index is 0.0353. The van der Waals surface area contributed by atoms with Crippen LogP contribution >= 0.6 is 11.3 Å². The quantitative estimate of drug-likeness (QED) is 0.872. The molecule has 0 aromatic carbocycles. The van der Waals surface area contributed by atoms with E-state index < -0.39 is 0 Å². The average molecular weight is 309 g/mol. The molecule has 1 fully saturated rings. The molecule has 3 N–H and O–H groups in total. The summed E-state index contributed by atoms with van der Waals surface area (Å²) in [6.07, 6.45) is 3.11. The van der Waals surface area contributed by atoms with E-state index in [9.17, 15) is 9.59 Å². The summed E-state index contributed by atoms with van der Waals surface area (Å²) in [4.78, 5) is 25.1. The van der Waals surface area contributed by atoms with Crippen molar-refractivity contribution in [3.05, 3.63) is 22.4 Å². The fourth-order valence-electron chi connectivity index (χ4n) is 2.82. The van der Waals surface area contributed by atoms with Gasteiger partial charge in [-0.2, -0.15) is 11.3 Å². The highest BCUT2D eigenvalue weighted by molar-refractivity contribution is 7.07. The number of carbonyl (C=O) groups excluding carboxylic acids is 2. The summed E-state index contributed by atoms with van der Waals surface area (Å²) >= 11 is 1.67. The van der Waals surface area contributed by atoms with E-state index in [1.807, 2.05) is 12.3 Å². The molecular weight excluding hydrogens is 286 g/mol. The zero-order chi connectivity index (χ0) is 15.2. The summed E-state index contributed by atoms with van der Waals surface area (Å²) in [6.45, 7) is 3.40. The minimum Gasteiger partial charge on any atom is -0.370 e. The summed E-state index contributed by atoms with van der Waals surface area (Å²) in [5.41, 5.74) is 6.49. The first-order valence-corrected chi connectivity index (χ1v) is 8.33. The van der Waals surface area contributed by atoms with E-state index in [0.29, 0.717) is 13.0 Å². The van der Waals surface area contributed by atoms with Crippen molar-refractivity contribution < 1.29 is 9.59 Å². The number of likely N-dealkylation sites (tertiary alicyclic amines) is 1.